The van der Waals surface area contributed by atoms with Gasteiger partial charge >= 0.3 is 12.1 Å². The van der Waals surface area contributed by atoms with Crippen LogP contribution in [-0.2, 0) is 14.2 Å². The fourth-order valence-corrected chi connectivity index (χ4v) is 3.94. The number of benzene rings is 2. The highest BCUT2D eigenvalue weighted by atomic mass is 16.6. The fourth-order valence-electron chi connectivity index (χ4n) is 3.94. The Balaban J connectivity index is 1.26. The summed E-state index contributed by atoms with van der Waals surface area (Å²) in [6, 6.07) is 13.9. The molecule has 9 nitrogen and oxygen atoms in total. The first-order valence-electron chi connectivity index (χ1n) is 11.0. The lowest BCUT2D eigenvalue weighted by atomic mass is 10.0. The summed E-state index contributed by atoms with van der Waals surface area (Å²) >= 11 is 0. The quantitative estimate of drug-likeness (QED) is 0.613. The summed E-state index contributed by atoms with van der Waals surface area (Å²) in [5.41, 5.74) is 2.48. The van der Waals surface area contributed by atoms with Gasteiger partial charge in [-0.1, -0.05) is 26.0 Å². The number of urea groups is 1. The number of hydrogen-bond donors (Lipinski definition) is 3. The summed E-state index contributed by atoms with van der Waals surface area (Å²) in [6.07, 6.45) is -1.96. The Hall–Kier alpha value is -3.30. The first kappa shape index (κ1) is 22.9. The van der Waals surface area contributed by atoms with Crippen molar-refractivity contribution in [1.29, 1.82) is 0 Å². The monoisotopic (exact) mass is 455 g/mol. The van der Waals surface area contributed by atoms with Gasteiger partial charge in [-0.15, -0.1) is 0 Å². The van der Waals surface area contributed by atoms with Crippen LogP contribution in [0.5, 0.6) is 5.75 Å². The molecule has 0 aromatic heterocycles. The molecule has 4 atom stereocenters. The molecule has 2 saturated heterocycles. The molecule has 2 aromatic carbocycles. The third-order valence-corrected chi connectivity index (χ3v) is 5.75. The number of fused-ring (bicyclic) bond motifs is 1. The third-order valence-electron chi connectivity index (χ3n) is 5.75. The van der Waals surface area contributed by atoms with E-state index in [-0.39, 0.29) is 25.3 Å². The van der Waals surface area contributed by atoms with Gasteiger partial charge in [0.25, 0.3) is 0 Å². The van der Waals surface area contributed by atoms with Crippen LogP contribution in [0.25, 0.3) is 0 Å². The van der Waals surface area contributed by atoms with E-state index in [1.165, 1.54) is 5.56 Å². The fraction of sp³-hybridized carbons (Fsp3) is 0.417. The van der Waals surface area contributed by atoms with Gasteiger partial charge in [0.05, 0.1) is 26.4 Å². The molecule has 0 spiro atoms. The maximum absolute atomic E-state index is 12.4. The van der Waals surface area contributed by atoms with Crippen molar-refractivity contribution in [2.24, 2.45) is 0 Å². The number of methoxy groups -OCH3 is 1. The van der Waals surface area contributed by atoms with Crippen LogP contribution in [0.1, 0.15) is 25.3 Å². The van der Waals surface area contributed by atoms with Gasteiger partial charge in [-0.3, -0.25) is 5.32 Å². The number of amides is 3. The molecule has 0 aliphatic carbocycles. The molecule has 3 amide bonds. The Labute approximate surface area is 192 Å². The van der Waals surface area contributed by atoms with Gasteiger partial charge in [0, 0.05) is 11.4 Å². The molecule has 0 radical (unpaired) electrons. The number of rotatable bonds is 6. The van der Waals surface area contributed by atoms with Crippen LogP contribution in [0, 0.1) is 0 Å². The summed E-state index contributed by atoms with van der Waals surface area (Å²) < 4.78 is 22.2. The number of nitrogens with one attached hydrogen (secondary N) is 3. The maximum Gasteiger partial charge on any atom is 0.412 e. The first-order chi connectivity index (χ1) is 15.9. The van der Waals surface area contributed by atoms with Crippen LogP contribution in [0.3, 0.4) is 0 Å². The topological polar surface area (TPSA) is 107 Å². The average Bonchev–Trinajstić information content (AvgIpc) is 3.38. The Kier molecular flexibility index (Phi) is 7.00. The minimum absolute atomic E-state index is 0.202. The Bertz CT molecular complexity index is 963. The zero-order valence-electron chi connectivity index (χ0n) is 18.9. The second-order valence-electron chi connectivity index (χ2n) is 8.37. The molecule has 0 bridgehead atoms. The molecular formula is C24H29N3O6. The van der Waals surface area contributed by atoms with Crippen molar-refractivity contribution < 1.29 is 28.5 Å². The molecule has 4 rings (SSSR count). The van der Waals surface area contributed by atoms with Crippen molar-refractivity contribution in [2.75, 3.05) is 31.0 Å². The van der Waals surface area contributed by atoms with Crippen molar-refractivity contribution in [3.63, 3.8) is 0 Å². The predicted octanol–water partition coefficient (Wildman–Crippen LogP) is 3.72. The van der Waals surface area contributed by atoms with Crippen LogP contribution < -0.4 is 20.7 Å². The maximum atomic E-state index is 12.4. The minimum Gasteiger partial charge on any atom is -0.497 e. The Morgan fingerprint density at radius 2 is 1.55 bits per heavy atom. The van der Waals surface area contributed by atoms with Crippen molar-refractivity contribution in [3.05, 3.63) is 54.1 Å². The SMILES string of the molecule is COc1ccc(NC(=O)N[C@H]2CO[C@H]3[C@H]2OC[C@@H]3OC(=O)Nc2ccc(C(C)C)cc2)cc1. The van der Waals surface area contributed by atoms with Gasteiger partial charge in [0.2, 0.25) is 0 Å². The summed E-state index contributed by atoms with van der Waals surface area (Å²) in [4.78, 5) is 24.7. The van der Waals surface area contributed by atoms with Crippen molar-refractivity contribution in [3.8, 4) is 5.75 Å². The molecule has 2 aliphatic rings. The molecule has 2 aliphatic heterocycles. The Morgan fingerprint density at radius 1 is 0.909 bits per heavy atom. The summed E-state index contributed by atoms with van der Waals surface area (Å²) in [7, 11) is 1.58. The van der Waals surface area contributed by atoms with Gasteiger partial charge in [0.1, 0.15) is 18.0 Å². The van der Waals surface area contributed by atoms with Gasteiger partial charge in [-0.2, -0.15) is 0 Å². The molecular weight excluding hydrogens is 426 g/mol. The van der Waals surface area contributed by atoms with Crippen LogP contribution >= 0.6 is 0 Å². The summed E-state index contributed by atoms with van der Waals surface area (Å²) in [6.45, 7) is 4.69. The molecule has 176 valence electrons. The van der Waals surface area contributed by atoms with E-state index in [4.69, 9.17) is 18.9 Å². The highest BCUT2D eigenvalue weighted by Gasteiger charge is 2.50. The van der Waals surface area contributed by atoms with E-state index in [0.29, 0.717) is 23.0 Å². The molecule has 2 aromatic rings. The molecule has 0 saturated carbocycles. The minimum atomic E-state index is -0.571. The lowest BCUT2D eigenvalue weighted by molar-refractivity contribution is 0.00873. The van der Waals surface area contributed by atoms with Crippen LogP contribution in [0.4, 0.5) is 21.0 Å². The van der Waals surface area contributed by atoms with Gasteiger partial charge in [0.15, 0.2) is 6.10 Å². The van der Waals surface area contributed by atoms with Gasteiger partial charge in [-0.05, 0) is 47.9 Å². The summed E-state index contributed by atoms with van der Waals surface area (Å²) in [5, 5.41) is 8.37. The van der Waals surface area contributed by atoms with Crippen LogP contribution in [0.2, 0.25) is 0 Å². The Morgan fingerprint density at radius 3 is 2.21 bits per heavy atom. The van der Waals surface area contributed by atoms with E-state index < -0.39 is 24.4 Å². The molecule has 9 heteroatoms. The van der Waals surface area contributed by atoms with E-state index in [0.717, 1.165) is 0 Å². The van der Waals surface area contributed by atoms with Crippen molar-refractivity contribution >= 4 is 23.5 Å². The first-order valence-corrected chi connectivity index (χ1v) is 11.0. The zero-order chi connectivity index (χ0) is 23.4. The van der Waals surface area contributed by atoms with Crippen LogP contribution in [0.15, 0.2) is 48.5 Å². The van der Waals surface area contributed by atoms with Gasteiger partial charge in [-0.25, -0.2) is 9.59 Å². The van der Waals surface area contributed by atoms with Crippen molar-refractivity contribution in [1.82, 2.24) is 5.32 Å². The van der Waals surface area contributed by atoms with E-state index in [2.05, 4.69) is 29.8 Å². The predicted molar refractivity (Wildman–Crippen MR) is 123 cm³/mol. The lowest BCUT2D eigenvalue weighted by Gasteiger charge is -2.18. The molecule has 2 fully saturated rings. The lowest BCUT2D eigenvalue weighted by Crippen LogP contribution is -2.46. The standard InChI is InChI=1S/C24H29N3O6/c1-14(2)15-4-6-17(7-5-15)26-24(29)33-20-13-32-21-19(12-31-22(20)21)27-23(28)25-16-8-10-18(30-3)11-9-16/h4-11,14,19-22H,12-13H2,1-3H3,(H,26,29)(H2,25,27,28)/t19-,20-,21-,22+/m0/s1. The third kappa shape index (κ3) is 5.55. The van der Waals surface area contributed by atoms with E-state index >= 15 is 0 Å². The van der Waals surface area contributed by atoms with Crippen molar-refractivity contribution in [2.45, 2.75) is 44.1 Å². The smallest absolute Gasteiger partial charge is 0.412 e. The average molecular weight is 456 g/mol. The van der Waals surface area contributed by atoms with E-state index in [1.807, 2.05) is 24.3 Å². The molecule has 2 heterocycles. The molecule has 0 unspecified atom stereocenters. The number of carbonyl (C=O) groups is 2. The zero-order valence-corrected chi connectivity index (χ0v) is 18.9. The number of hydrogen-bond acceptors (Lipinski definition) is 6. The molecule has 33 heavy (non-hydrogen) atoms. The highest BCUT2D eigenvalue weighted by Crippen LogP contribution is 2.29. The number of anilines is 2. The summed E-state index contributed by atoms with van der Waals surface area (Å²) in [5.74, 6) is 1.12. The second kappa shape index (κ2) is 10.1. The number of ether oxygens (including phenoxy) is 4. The van der Waals surface area contributed by atoms with Gasteiger partial charge < -0.3 is 29.6 Å². The largest absolute Gasteiger partial charge is 0.497 e. The number of carbonyl (C=O) groups excluding carboxylic acids is 2. The van der Waals surface area contributed by atoms with E-state index in [9.17, 15) is 9.59 Å². The van der Waals surface area contributed by atoms with E-state index in [1.54, 1.807) is 31.4 Å². The second-order valence-corrected chi connectivity index (χ2v) is 8.37. The van der Waals surface area contributed by atoms with Crippen LogP contribution in [-0.4, -0.2) is 56.8 Å². The normalized spacial score (nSPS) is 23.6. The molecule has 3 N–H and O–H groups in total. The highest BCUT2D eigenvalue weighted by molar-refractivity contribution is 5.89.